The lowest BCUT2D eigenvalue weighted by atomic mass is 9.97. The minimum absolute atomic E-state index is 0.119. The maximum Gasteiger partial charge on any atom is 0.310 e. The van der Waals surface area contributed by atoms with Gasteiger partial charge in [0.05, 0.1) is 24.8 Å². The summed E-state index contributed by atoms with van der Waals surface area (Å²) in [7, 11) is 0. The molecular formula is C32H32N2O5. The molecule has 0 N–H and O–H groups in total. The van der Waals surface area contributed by atoms with Crippen molar-refractivity contribution in [3.05, 3.63) is 101 Å². The highest BCUT2D eigenvalue weighted by Crippen LogP contribution is 2.36. The van der Waals surface area contributed by atoms with Crippen LogP contribution in [0.15, 0.2) is 78.6 Å². The van der Waals surface area contributed by atoms with E-state index in [1.165, 1.54) is 0 Å². The smallest absolute Gasteiger partial charge is 0.310 e. The van der Waals surface area contributed by atoms with E-state index in [1.54, 1.807) is 47.1 Å². The number of esters is 1. The van der Waals surface area contributed by atoms with Gasteiger partial charge in [-0.3, -0.25) is 19.3 Å². The molecule has 7 nitrogen and oxygen atoms in total. The summed E-state index contributed by atoms with van der Waals surface area (Å²) in [5.74, 6) is -0.0465. The number of anilines is 1. The maximum absolute atomic E-state index is 13.5. The zero-order chi connectivity index (χ0) is 27.4. The van der Waals surface area contributed by atoms with Gasteiger partial charge in [-0.1, -0.05) is 54.1 Å². The number of para-hydroxylation sites is 2. The first-order valence-electron chi connectivity index (χ1n) is 13.3. The first-order chi connectivity index (χ1) is 18.9. The number of ether oxygens (including phenoxy) is 2. The summed E-state index contributed by atoms with van der Waals surface area (Å²) in [5.41, 5.74) is 4.19. The fourth-order valence-corrected chi connectivity index (χ4v) is 4.97. The largest absolute Gasteiger partial charge is 0.466 e. The van der Waals surface area contributed by atoms with Gasteiger partial charge >= 0.3 is 5.97 Å². The maximum atomic E-state index is 13.5. The minimum atomic E-state index is -0.285. The van der Waals surface area contributed by atoms with Crippen molar-refractivity contribution < 1.29 is 23.9 Å². The Morgan fingerprint density at radius 3 is 2.51 bits per heavy atom. The zero-order valence-electron chi connectivity index (χ0n) is 22.3. The highest BCUT2D eigenvalue weighted by Gasteiger charge is 2.31. The summed E-state index contributed by atoms with van der Waals surface area (Å²) < 4.78 is 11.2. The molecule has 0 aromatic heterocycles. The van der Waals surface area contributed by atoms with Crippen molar-refractivity contribution in [2.24, 2.45) is 5.92 Å². The van der Waals surface area contributed by atoms with Crippen molar-refractivity contribution in [1.29, 1.82) is 0 Å². The topological polar surface area (TPSA) is 76.2 Å². The second kappa shape index (κ2) is 11.6. The highest BCUT2D eigenvalue weighted by atomic mass is 16.5. The molecule has 1 unspecified atom stereocenters. The molecule has 1 saturated heterocycles. The van der Waals surface area contributed by atoms with Crippen LogP contribution in [-0.2, 0) is 20.9 Å². The fourth-order valence-electron chi connectivity index (χ4n) is 4.97. The number of aryl methyl sites for hydroxylation is 1. The van der Waals surface area contributed by atoms with E-state index in [1.807, 2.05) is 55.5 Å². The van der Waals surface area contributed by atoms with Gasteiger partial charge in [-0.05, 0) is 68.2 Å². The van der Waals surface area contributed by atoms with Gasteiger partial charge in [0.2, 0.25) is 0 Å². The number of nitrogens with zero attached hydrogens (tertiary/aromatic N) is 2. The third kappa shape index (κ3) is 5.87. The first-order valence-corrected chi connectivity index (χ1v) is 13.3. The Morgan fingerprint density at radius 2 is 1.77 bits per heavy atom. The monoisotopic (exact) mass is 524 g/mol. The van der Waals surface area contributed by atoms with Gasteiger partial charge < -0.3 is 14.4 Å². The Bertz CT molecular complexity index is 1390. The number of amides is 2. The molecule has 0 aliphatic carbocycles. The average Bonchev–Trinajstić information content (AvgIpc) is 2.96. The molecule has 1 atom stereocenters. The average molecular weight is 525 g/mol. The lowest BCUT2D eigenvalue weighted by molar-refractivity contribution is -0.149. The third-order valence-corrected chi connectivity index (χ3v) is 7.08. The molecule has 2 heterocycles. The Morgan fingerprint density at radius 1 is 1.03 bits per heavy atom. The molecule has 0 radical (unpaired) electrons. The van der Waals surface area contributed by atoms with Crippen molar-refractivity contribution in [2.75, 3.05) is 24.6 Å². The molecule has 39 heavy (non-hydrogen) atoms. The number of piperidine rings is 1. The van der Waals surface area contributed by atoms with Gasteiger partial charge in [-0.2, -0.15) is 0 Å². The van der Waals surface area contributed by atoms with E-state index >= 15 is 0 Å². The van der Waals surface area contributed by atoms with Crippen LogP contribution in [0.1, 0.15) is 46.8 Å². The van der Waals surface area contributed by atoms with Crippen LogP contribution in [0.3, 0.4) is 0 Å². The van der Waals surface area contributed by atoms with Crippen LogP contribution in [0.25, 0.3) is 6.08 Å². The molecule has 7 heteroatoms. The minimum Gasteiger partial charge on any atom is -0.466 e. The predicted octanol–water partition coefficient (Wildman–Crippen LogP) is 5.38. The zero-order valence-corrected chi connectivity index (χ0v) is 22.3. The van der Waals surface area contributed by atoms with Crippen LogP contribution in [0.2, 0.25) is 0 Å². The van der Waals surface area contributed by atoms with Gasteiger partial charge in [0.25, 0.3) is 11.8 Å². The lowest BCUT2D eigenvalue weighted by Crippen LogP contribution is -2.42. The molecule has 2 amide bonds. The van der Waals surface area contributed by atoms with E-state index in [9.17, 15) is 14.4 Å². The second-order valence-corrected chi connectivity index (χ2v) is 9.92. The summed E-state index contributed by atoms with van der Waals surface area (Å²) in [4.78, 5) is 42.2. The standard InChI is InChI=1S/C32H32N2O5/c1-3-38-32(37)26-7-6-18-33(21-26)30(35)25-16-14-23(15-17-25)19-29-31(36)34(20-24-12-10-22(2)11-13-24)27-8-4-5-9-28(27)39-29/h4-5,8-17,19,26H,3,6-7,18,20-21H2,1-2H3/b29-19+. The van der Waals surface area contributed by atoms with Gasteiger partial charge in [-0.25, -0.2) is 0 Å². The van der Waals surface area contributed by atoms with Gasteiger partial charge in [0, 0.05) is 18.7 Å². The molecule has 200 valence electrons. The Hall–Kier alpha value is -4.39. The predicted molar refractivity (Wildman–Crippen MR) is 149 cm³/mol. The van der Waals surface area contributed by atoms with Crippen molar-refractivity contribution in [3.63, 3.8) is 0 Å². The van der Waals surface area contributed by atoms with Gasteiger partial charge in [-0.15, -0.1) is 0 Å². The van der Waals surface area contributed by atoms with Crippen molar-refractivity contribution in [3.8, 4) is 5.75 Å². The van der Waals surface area contributed by atoms with E-state index in [2.05, 4.69) is 0 Å². The number of carbonyl (C=O) groups is 3. The Kier molecular flexibility index (Phi) is 7.77. The van der Waals surface area contributed by atoms with Crippen molar-refractivity contribution >= 4 is 29.5 Å². The molecule has 2 aliphatic rings. The first kappa shape index (κ1) is 26.2. The molecule has 0 spiro atoms. The highest BCUT2D eigenvalue weighted by molar-refractivity contribution is 6.09. The normalized spacial score (nSPS) is 17.9. The van der Waals surface area contributed by atoms with Crippen LogP contribution < -0.4 is 9.64 Å². The van der Waals surface area contributed by atoms with Gasteiger partial charge in [0.1, 0.15) is 0 Å². The number of likely N-dealkylation sites (tertiary alicyclic amines) is 1. The van der Waals surface area contributed by atoms with Crippen LogP contribution in [0.5, 0.6) is 5.75 Å². The molecule has 0 saturated carbocycles. The Labute approximate surface area is 228 Å². The summed E-state index contributed by atoms with van der Waals surface area (Å²) in [5, 5.41) is 0. The number of hydrogen-bond donors (Lipinski definition) is 0. The number of hydrogen-bond acceptors (Lipinski definition) is 5. The fraction of sp³-hybridized carbons (Fsp3) is 0.281. The molecule has 2 aliphatic heterocycles. The van der Waals surface area contributed by atoms with E-state index in [0.29, 0.717) is 37.6 Å². The molecular weight excluding hydrogens is 492 g/mol. The van der Waals surface area contributed by atoms with Crippen LogP contribution >= 0.6 is 0 Å². The van der Waals surface area contributed by atoms with Crippen LogP contribution in [0.4, 0.5) is 5.69 Å². The summed E-state index contributed by atoms with van der Waals surface area (Å²) in [6.45, 7) is 5.55. The number of rotatable bonds is 6. The van der Waals surface area contributed by atoms with E-state index in [0.717, 1.165) is 35.2 Å². The number of fused-ring (bicyclic) bond motifs is 1. The SMILES string of the molecule is CCOC(=O)C1CCCN(C(=O)c2ccc(/C=C3/Oc4ccccc4N(Cc4ccc(C)cc4)C3=O)cc2)C1. The van der Waals surface area contributed by atoms with Crippen LogP contribution in [0, 0.1) is 12.8 Å². The summed E-state index contributed by atoms with van der Waals surface area (Å²) in [6.07, 6.45) is 3.19. The number of benzene rings is 3. The number of carbonyl (C=O) groups excluding carboxylic acids is 3. The molecule has 3 aromatic rings. The van der Waals surface area contributed by atoms with E-state index in [4.69, 9.17) is 9.47 Å². The molecule has 5 rings (SSSR count). The van der Waals surface area contributed by atoms with Gasteiger partial charge in [0.15, 0.2) is 11.5 Å². The Balaban J connectivity index is 1.33. The second-order valence-electron chi connectivity index (χ2n) is 9.92. The van der Waals surface area contributed by atoms with E-state index < -0.39 is 0 Å². The lowest BCUT2D eigenvalue weighted by Gasteiger charge is -2.31. The molecule has 3 aromatic carbocycles. The summed E-state index contributed by atoms with van der Waals surface area (Å²) >= 11 is 0. The molecule has 0 bridgehead atoms. The van der Waals surface area contributed by atoms with Crippen molar-refractivity contribution in [1.82, 2.24) is 4.90 Å². The summed E-state index contributed by atoms with van der Waals surface area (Å²) in [6, 6.07) is 22.7. The van der Waals surface area contributed by atoms with Crippen LogP contribution in [-0.4, -0.2) is 42.4 Å². The quantitative estimate of drug-likeness (QED) is 0.320. The van der Waals surface area contributed by atoms with E-state index in [-0.39, 0.29) is 29.5 Å². The van der Waals surface area contributed by atoms with Crippen molar-refractivity contribution in [2.45, 2.75) is 33.2 Å². The third-order valence-electron chi connectivity index (χ3n) is 7.08. The molecule has 1 fully saturated rings.